The van der Waals surface area contributed by atoms with Crippen LogP contribution in [0.5, 0.6) is 0 Å². The molecule has 2 amide bonds. The minimum atomic E-state index is -1.82. The van der Waals surface area contributed by atoms with Crippen molar-refractivity contribution in [2.24, 2.45) is 11.8 Å². The minimum Gasteiger partial charge on any atom is -0.473 e. The number of hydrogen-bond acceptors (Lipinski definition) is 8. The third-order valence-corrected chi connectivity index (χ3v) is 4.62. The molecule has 34 heavy (non-hydrogen) atoms. The molecule has 2 fully saturated rings. The van der Waals surface area contributed by atoms with Crippen LogP contribution in [0.4, 0.5) is 9.59 Å². The molecule has 0 bridgehead atoms. The Labute approximate surface area is 201 Å². The van der Waals surface area contributed by atoms with E-state index < -0.39 is 23.1 Å². The number of aliphatic carboxylic acids is 2. The molecule has 198 valence electrons. The highest BCUT2D eigenvalue weighted by Crippen LogP contribution is 2.11. The predicted octanol–water partition coefficient (Wildman–Crippen LogP) is 1.39. The molecule has 12 nitrogen and oxygen atoms in total. The quantitative estimate of drug-likeness (QED) is 0.310. The molecule has 0 aromatic rings. The molecule has 2 rings (SSSR count). The van der Waals surface area contributed by atoms with Gasteiger partial charge in [0.2, 0.25) is 0 Å². The smallest absolute Gasteiger partial charge is 0.414 e. The number of hydrogen-bond donors (Lipinski definition) is 6. The van der Waals surface area contributed by atoms with E-state index >= 15 is 0 Å². The number of nitrogens with one attached hydrogen (secondary N) is 4. The topological polar surface area (TPSA) is 175 Å². The molecule has 0 radical (unpaired) electrons. The van der Waals surface area contributed by atoms with E-state index in [-0.39, 0.29) is 24.3 Å². The molecule has 2 aliphatic heterocycles. The summed E-state index contributed by atoms with van der Waals surface area (Å²) >= 11 is 0. The molecule has 0 spiro atoms. The van der Waals surface area contributed by atoms with Crippen molar-refractivity contribution in [3.8, 4) is 0 Å². The summed E-state index contributed by atoms with van der Waals surface area (Å²) < 4.78 is 10.3. The SMILES string of the molecule is C[C@H]1CNC[C@H]1NC(=O)OC(C)(C)C.C[C@H]1CNC[C@H]1NC(=O)OC(C)(C)C.O=C(O)C(=O)O. The molecule has 4 atom stereocenters. The zero-order valence-electron chi connectivity index (χ0n) is 21.5. The number of alkyl carbamates (subject to hydrolysis) is 2. The Morgan fingerprint density at radius 1 is 0.676 bits per heavy atom. The third kappa shape index (κ3) is 15.3. The number of carboxylic acids is 2. The van der Waals surface area contributed by atoms with Crippen LogP contribution in [0.3, 0.4) is 0 Å². The van der Waals surface area contributed by atoms with Crippen molar-refractivity contribution in [2.75, 3.05) is 26.2 Å². The lowest BCUT2D eigenvalue weighted by molar-refractivity contribution is -0.159. The van der Waals surface area contributed by atoms with Gasteiger partial charge in [0.05, 0.1) is 0 Å². The first-order valence-corrected chi connectivity index (χ1v) is 11.3. The second kappa shape index (κ2) is 14.0. The molecule has 2 saturated heterocycles. The average molecular weight is 491 g/mol. The van der Waals surface area contributed by atoms with Crippen LogP contribution in [0.25, 0.3) is 0 Å². The highest BCUT2D eigenvalue weighted by atomic mass is 16.6. The summed E-state index contributed by atoms with van der Waals surface area (Å²) in [6.45, 7) is 19.0. The maximum absolute atomic E-state index is 11.4. The lowest BCUT2D eigenvalue weighted by atomic mass is 10.1. The van der Waals surface area contributed by atoms with Crippen molar-refractivity contribution >= 4 is 24.1 Å². The summed E-state index contributed by atoms with van der Waals surface area (Å²) in [7, 11) is 0. The largest absolute Gasteiger partial charge is 0.473 e. The first-order valence-electron chi connectivity index (χ1n) is 11.3. The Kier molecular flexibility index (Phi) is 12.9. The van der Waals surface area contributed by atoms with Crippen LogP contribution in [0.1, 0.15) is 55.4 Å². The van der Waals surface area contributed by atoms with E-state index in [2.05, 4.69) is 35.1 Å². The van der Waals surface area contributed by atoms with Crippen molar-refractivity contribution in [3.05, 3.63) is 0 Å². The van der Waals surface area contributed by atoms with Crippen LogP contribution in [0.2, 0.25) is 0 Å². The van der Waals surface area contributed by atoms with Crippen LogP contribution in [-0.2, 0) is 19.1 Å². The fourth-order valence-corrected chi connectivity index (χ4v) is 2.92. The second-order valence-electron chi connectivity index (χ2n) is 10.4. The van der Waals surface area contributed by atoms with Crippen LogP contribution in [0.15, 0.2) is 0 Å². The van der Waals surface area contributed by atoms with Crippen molar-refractivity contribution in [2.45, 2.75) is 78.7 Å². The standard InChI is InChI=1S/2C10H20N2O2.C2H2O4/c2*1-7-5-11-6-8(7)12-9(13)14-10(2,3)4;3-1(4)2(5)6/h2*7-8,11H,5-6H2,1-4H3,(H,12,13);(H,3,4)(H,5,6)/t2*7-,8+;/m00./s1. The molecule has 0 aromatic heterocycles. The maximum Gasteiger partial charge on any atom is 0.414 e. The Balaban J connectivity index is 0.000000521. The number of rotatable bonds is 2. The Morgan fingerprint density at radius 2 is 0.971 bits per heavy atom. The molecule has 0 aliphatic carbocycles. The van der Waals surface area contributed by atoms with Gasteiger partial charge in [-0.15, -0.1) is 0 Å². The lowest BCUT2D eigenvalue weighted by Crippen LogP contribution is -2.42. The Bertz CT molecular complexity index is 629. The fourth-order valence-electron chi connectivity index (χ4n) is 2.92. The van der Waals surface area contributed by atoms with Gasteiger partial charge in [-0.2, -0.15) is 0 Å². The van der Waals surface area contributed by atoms with Gasteiger partial charge >= 0.3 is 24.1 Å². The number of ether oxygens (including phenoxy) is 2. The molecule has 0 saturated carbocycles. The van der Waals surface area contributed by atoms with Gasteiger partial charge in [-0.3, -0.25) is 0 Å². The van der Waals surface area contributed by atoms with E-state index in [1.54, 1.807) is 0 Å². The highest BCUT2D eigenvalue weighted by molar-refractivity contribution is 6.27. The first-order chi connectivity index (χ1) is 15.4. The molecule has 0 unspecified atom stereocenters. The van der Waals surface area contributed by atoms with Crippen molar-refractivity contribution < 1.29 is 38.9 Å². The van der Waals surface area contributed by atoms with Gasteiger partial charge in [-0.25, -0.2) is 19.2 Å². The summed E-state index contributed by atoms with van der Waals surface area (Å²) in [5, 5.41) is 26.9. The van der Waals surface area contributed by atoms with Gasteiger partial charge in [0.25, 0.3) is 0 Å². The van der Waals surface area contributed by atoms with Gasteiger partial charge in [0.1, 0.15) is 11.2 Å². The third-order valence-electron chi connectivity index (χ3n) is 4.62. The molecular weight excluding hydrogens is 448 g/mol. The summed E-state index contributed by atoms with van der Waals surface area (Å²) in [6, 6.07) is 0.398. The van der Waals surface area contributed by atoms with Crippen molar-refractivity contribution in [1.82, 2.24) is 21.3 Å². The monoisotopic (exact) mass is 490 g/mol. The normalized spacial score (nSPS) is 23.9. The van der Waals surface area contributed by atoms with Crippen LogP contribution >= 0.6 is 0 Å². The first kappa shape index (κ1) is 31.4. The van der Waals surface area contributed by atoms with Gasteiger partial charge < -0.3 is 41.0 Å². The fraction of sp³-hybridized carbons (Fsp3) is 0.818. The number of amides is 2. The summed E-state index contributed by atoms with van der Waals surface area (Å²) in [5.74, 6) is -2.70. The number of carbonyl (C=O) groups excluding carboxylic acids is 2. The zero-order chi connectivity index (χ0) is 26.7. The zero-order valence-corrected chi connectivity index (χ0v) is 21.5. The van der Waals surface area contributed by atoms with E-state index in [1.807, 2.05) is 41.5 Å². The van der Waals surface area contributed by atoms with Crippen molar-refractivity contribution in [3.63, 3.8) is 0 Å². The second-order valence-corrected chi connectivity index (χ2v) is 10.4. The van der Waals surface area contributed by atoms with E-state index in [0.29, 0.717) is 11.8 Å². The molecule has 2 heterocycles. The van der Waals surface area contributed by atoms with Gasteiger partial charge in [-0.1, -0.05) is 13.8 Å². The van der Waals surface area contributed by atoms with E-state index in [4.69, 9.17) is 29.3 Å². The molecular formula is C22H42N4O8. The molecule has 6 N–H and O–H groups in total. The number of carboxylic acid groups (broad SMARTS) is 2. The average Bonchev–Trinajstić information content (AvgIpc) is 3.21. The van der Waals surface area contributed by atoms with Gasteiger partial charge in [0, 0.05) is 25.2 Å². The summed E-state index contributed by atoms with van der Waals surface area (Å²) in [5.41, 5.74) is -0.835. The van der Waals surface area contributed by atoms with E-state index in [1.165, 1.54) is 0 Å². The Morgan fingerprint density at radius 3 is 1.15 bits per heavy atom. The van der Waals surface area contributed by atoms with Crippen LogP contribution in [0, 0.1) is 11.8 Å². The van der Waals surface area contributed by atoms with Crippen LogP contribution < -0.4 is 21.3 Å². The Hall–Kier alpha value is -2.60. The molecule has 12 heteroatoms. The predicted molar refractivity (Wildman–Crippen MR) is 126 cm³/mol. The number of carbonyl (C=O) groups is 4. The summed E-state index contributed by atoms with van der Waals surface area (Å²) in [4.78, 5) is 41.0. The highest BCUT2D eigenvalue weighted by Gasteiger charge is 2.27. The lowest BCUT2D eigenvalue weighted by Gasteiger charge is -2.22. The van der Waals surface area contributed by atoms with Crippen molar-refractivity contribution in [1.29, 1.82) is 0 Å². The van der Waals surface area contributed by atoms with E-state index in [0.717, 1.165) is 26.2 Å². The van der Waals surface area contributed by atoms with E-state index in [9.17, 15) is 9.59 Å². The minimum absolute atomic E-state index is 0.199. The molecule has 0 aromatic carbocycles. The maximum atomic E-state index is 11.4. The van der Waals surface area contributed by atoms with Gasteiger partial charge in [-0.05, 0) is 66.5 Å². The van der Waals surface area contributed by atoms with Gasteiger partial charge in [0.15, 0.2) is 0 Å². The summed E-state index contributed by atoms with van der Waals surface area (Å²) in [6.07, 6.45) is -0.642. The molecule has 2 aliphatic rings. The van der Waals surface area contributed by atoms with Crippen LogP contribution in [-0.4, -0.2) is 83.8 Å².